The van der Waals surface area contributed by atoms with Crippen LogP contribution in [0.2, 0.25) is 0 Å². The van der Waals surface area contributed by atoms with Crippen molar-refractivity contribution in [1.82, 2.24) is 0 Å². The summed E-state index contributed by atoms with van der Waals surface area (Å²) in [5.74, 6) is 0.864. The first kappa shape index (κ1) is 13.7. The second-order valence-electron chi connectivity index (χ2n) is 3.28. The number of rotatable bonds is 7. The van der Waals surface area contributed by atoms with Gasteiger partial charge in [-0.2, -0.15) is 0 Å². The minimum atomic E-state index is 0.103. The predicted molar refractivity (Wildman–Crippen MR) is 72.5 cm³/mol. The fourth-order valence-corrected chi connectivity index (χ4v) is 2.11. The van der Waals surface area contributed by atoms with Crippen LogP contribution in [0.1, 0.15) is 11.7 Å². The van der Waals surface area contributed by atoms with Gasteiger partial charge < -0.3 is 14.2 Å². The summed E-state index contributed by atoms with van der Waals surface area (Å²) in [5.41, 5.74) is 1.14. The zero-order valence-electron chi connectivity index (χ0n) is 9.61. The minimum absolute atomic E-state index is 0.103. The van der Waals surface area contributed by atoms with Crippen LogP contribution >= 0.6 is 22.6 Å². The third-order valence-electron chi connectivity index (χ3n) is 2.21. The Kier molecular flexibility index (Phi) is 6.75. The van der Waals surface area contributed by atoms with Gasteiger partial charge in [-0.1, -0.05) is 34.7 Å². The summed E-state index contributed by atoms with van der Waals surface area (Å²) >= 11 is 2.32. The highest BCUT2D eigenvalue weighted by Gasteiger charge is 2.10. The van der Waals surface area contributed by atoms with Gasteiger partial charge in [-0.25, -0.2) is 0 Å². The molecule has 1 aromatic rings. The van der Waals surface area contributed by atoms with E-state index in [1.54, 1.807) is 14.2 Å². The van der Waals surface area contributed by atoms with Crippen molar-refractivity contribution in [2.24, 2.45) is 0 Å². The predicted octanol–water partition coefficient (Wildman–Crippen LogP) is 2.83. The Bertz CT molecular complexity index is 304. The molecule has 16 heavy (non-hydrogen) atoms. The third-order valence-corrected chi connectivity index (χ3v) is 3.01. The van der Waals surface area contributed by atoms with Gasteiger partial charge >= 0.3 is 0 Å². The molecule has 0 fully saturated rings. The average Bonchev–Trinajstić information content (AvgIpc) is 2.35. The van der Waals surface area contributed by atoms with E-state index in [9.17, 15) is 0 Å². The van der Waals surface area contributed by atoms with Crippen LogP contribution in [0, 0.1) is 0 Å². The van der Waals surface area contributed by atoms with E-state index in [1.807, 2.05) is 18.2 Å². The molecule has 0 saturated carbocycles. The molecule has 0 radical (unpaired) electrons. The van der Waals surface area contributed by atoms with E-state index in [0.29, 0.717) is 13.2 Å². The number of benzene rings is 1. The smallest absolute Gasteiger partial charge is 0.119 e. The first-order chi connectivity index (χ1) is 7.81. The lowest BCUT2D eigenvalue weighted by Crippen LogP contribution is -2.10. The molecule has 1 rings (SSSR count). The van der Waals surface area contributed by atoms with Gasteiger partial charge in [0.2, 0.25) is 0 Å². The lowest BCUT2D eigenvalue weighted by molar-refractivity contribution is 0.0291. The fraction of sp³-hybridized carbons (Fsp3) is 0.500. The Hall–Kier alpha value is -0.330. The summed E-state index contributed by atoms with van der Waals surface area (Å²) in [6, 6.07) is 7.98. The zero-order chi connectivity index (χ0) is 11.8. The van der Waals surface area contributed by atoms with Crippen LogP contribution in [0.3, 0.4) is 0 Å². The van der Waals surface area contributed by atoms with Crippen molar-refractivity contribution >= 4 is 22.6 Å². The van der Waals surface area contributed by atoms with Crippen LogP contribution in [0.5, 0.6) is 5.75 Å². The molecule has 1 atom stereocenters. The molecule has 0 heterocycles. The Morgan fingerprint density at radius 2 is 2.06 bits per heavy atom. The molecule has 1 aromatic carbocycles. The molecule has 0 amide bonds. The Balaban J connectivity index is 2.62. The van der Waals surface area contributed by atoms with E-state index in [0.717, 1.165) is 15.7 Å². The molecule has 0 aliphatic carbocycles. The second kappa shape index (κ2) is 7.86. The SMILES string of the molecule is COCCOC(CI)c1cccc(OC)c1. The fourth-order valence-electron chi connectivity index (χ4n) is 1.35. The van der Waals surface area contributed by atoms with E-state index in [4.69, 9.17) is 14.2 Å². The van der Waals surface area contributed by atoms with Crippen LogP contribution < -0.4 is 4.74 Å². The van der Waals surface area contributed by atoms with Gasteiger partial charge in [-0.3, -0.25) is 0 Å². The Morgan fingerprint density at radius 3 is 2.69 bits per heavy atom. The molecule has 0 aliphatic heterocycles. The molecule has 1 unspecified atom stereocenters. The number of hydrogen-bond acceptors (Lipinski definition) is 3. The maximum atomic E-state index is 5.73. The molecular weight excluding hydrogens is 319 g/mol. The average molecular weight is 336 g/mol. The summed E-state index contributed by atoms with van der Waals surface area (Å²) in [6.45, 7) is 1.23. The topological polar surface area (TPSA) is 27.7 Å². The van der Waals surface area contributed by atoms with E-state index in [1.165, 1.54) is 0 Å². The van der Waals surface area contributed by atoms with Crippen molar-refractivity contribution in [2.45, 2.75) is 6.10 Å². The minimum Gasteiger partial charge on any atom is -0.497 e. The van der Waals surface area contributed by atoms with E-state index >= 15 is 0 Å². The van der Waals surface area contributed by atoms with Crippen molar-refractivity contribution in [3.8, 4) is 5.75 Å². The number of hydrogen-bond donors (Lipinski definition) is 0. The van der Waals surface area contributed by atoms with Crippen molar-refractivity contribution in [1.29, 1.82) is 0 Å². The second-order valence-corrected chi connectivity index (χ2v) is 4.16. The lowest BCUT2D eigenvalue weighted by atomic mass is 10.1. The molecule has 0 N–H and O–H groups in total. The van der Waals surface area contributed by atoms with Gasteiger partial charge in [-0.15, -0.1) is 0 Å². The zero-order valence-corrected chi connectivity index (χ0v) is 11.8. The first-order valence-corrected chi connectivity index (χ1v) is 6.64. The maximum absolute atomic E-state index is 5.73. The molecular formula is C12H17IO3. The van der Waals surface area contributed by atoms with Crippen LogP contribution in [-0.4, -0.2) is 31.9 Å². The third kappa shape index (κ3) is 4.27. The maximum Gasteiger partial charge on any atom is 0.119 e. The van der Waals surface area contributed by atoms with Gasteiger partial charge in [0.25, 0.3) is 0 Å². The van der Waals surface area contributed by atoms with Crippen molar-refractivity contribution in [2.75, 3.05) is 31.9 Å². The molecule has 0 aromatic heterocycles. The van der Waals surface area contributed by atoms with Crippen LogP contribution in [0.4, 0.5) is 0 Å². The number of methoxy groups -OCH3 is 2. The highest BCUT2D eigenvalue weighted by Crippen LogP contribution is 2.23. The summed E-state index contributed by atoms with van der Waals surface area (Å²) in [5, 5.41) is 0. The quantitative estimate of drug-likeness (QED) is 0.435. The molecule has 0 bridgehead atoms. The van der Waals surface area contributed by atoms with Gasteiger partial charge in [0, 0.05) is 11.5 Å². The molecule has 90 valence electrons. The standard InChI is InChI=1S/C12H17IO3/c1-14-6-7-16-12(9-13)10-4-3-5-11(8-10)15-2/h3-5,8,12H,6-7,9H2,1-2H3. The highest BCUT2D eigenvalue weighted by atomic mass is 127. The monoisotopic (exact) mass is 336 g/mol. The van der Waals surface area contributed by atoms with E-state index < -0.39 is 0 Å². The lowest BCUT2D eigenvalue weighted by Gasteiger charge is -2.16. The van der Waals surface area contributed by atoms with Crippen LogP contribution in [0.25, 0.3) is 0 Å². The number of ether oxygens (including phenoxy) is 3. The largest absolute Gasteiger partial charge is 0.497 e. The van der Waals surface area contributed by atoms with Crippen molar-refractivity contribution in [3.63, 3.8) is 0 Å². The highest BCUT2D eigenvalue weighted by molar-refractivity contribution is 14.1. The summed E-state index contributed by atoms with van der Waals surface area (Å²) in [6.07, 6.45) is 0.103. The van der Waals surface area contributed by atoms with Gasteiger partial charge in [0.15, 0.2) is 0 Å². The summed E-state index contributed by atoms with van der Waals surface area (Å²) in [7, 11) is 3.35. The molecule has 3 nitrogen and oxygen atoms in total. The van der Waals surface area contributed by atoms with Gasteiger partial charge in [0.05, 0.1) is 26.4 Å². The van der Waals surface area contributed by atoms with E-state index in [2.05, 4.69) is 28.7 Å². The Labute approximate surface area is 110 Å². The molecule has 0 saturated heterocycles. The van der Waals surface area contributed by atoms with Gasteiger partial charge in [-0.05, 0) is 17.7 Å². The van der Waals surface area contributed by atoms with Crippen molar-refractivity contribution in [3.05, 3.63) is 29.8 Å². The Morgan fingerprint density at radius 1 is 1.25 bits per heavy atom. The number of halogens is 1. The molecule has 0 spiro atoms. The van der Waals surface area contributed by atoms with Crippen molar-refractivity contribution < 1.29 is 14.2 Å². The van der Waals surface area contributed by atoms with E-state index in [-0.39, 0.29) is 6.10 Å². The summed E-state index contributed by atoms with van der Waals surface area (Å²) < 4.78 is 16.8. The first-order valence-electron chi connectivity index (χ1n) is 5.12. The molecule has 4 heteroatoms. The molecule has 0 aliphatic rings. The van der Waals surface area contributed by atoms with Crippen LogP contribution in [0.15, 0.2) is 24.3 Å². The van der Waals surface area contributed by atoms with Gasteiger partial charge in [0.1, 0.15) is 5.75 Å². The normalized spacial score (nSPS) is 12.4. The summed E-state index contributed by atoms with van der Waals surface area (Å²) in [4.78, 5) is 0. The number of alkyl halides is 1. The van der Waals surface area contributed by atoms with Crippen LogP contribution in [-0.2, 0) is 9.47 Å².